The van der Waals surface area contributed by atoms with Gasteiger partial charge in [-0.2, -0.15) is 0 Å². The molecule has 166 valence electrons. The average Bonchev–Trinajstić information content (AvgIpc) is 2.78. The Hall–Kier alpha value is -3.65. The Morgan fingerprint density at radius 1 is 0.938 bits per heavy atom. The van der Waals surface area contributed by atoms with Crippen molar-refractivity contribution in [3.63, 3.8) is 0 Å². The molecule has 0 saturated heterocycles. The molecule has 0 aromatic heterocycles. The summed E-state index contributed by atoms with van der Waals surface area (Å²) in [5.74, 6) is -1.01. The number of nitrogens with one attached hydrogen (secondary N) is 1. The van der Waals surface area contributed by atoms with Gasteiger partial charge in [0.15, 0.2) is 0 Å². The van der Waals surface area contributed by atoms with Crippen molar-refractivity contribution >= 4 is 33.3 Å². The Balaban J connectivity index is 1.90. The van der Waals surface area contributed by atoms with Gasteiger partial charge in [-0.05, 0) is 61.9 Å². The molecule has 32 heavy (non-hydrogen) atoms. The number of carbonyl (C=O) groups is 2. The van der Waals surface area contributed by atoms with E-state index in [1.807, 2.05) is 13.0 Å². The van der Waals surface area contributed by atoms with Gasteiger partial charge in [0, 0.05) is 5.69 Å². The highest BCUT2D eigenvalue weighted by atomic mass is 32.2. The van der Waals surface area contributed by atoms with Crippen molar-refractivity contribution < 1.29 is 22.7 Å². The highest BCUT2D eigenvalue weighted by molar-refractivity contribution is 7.92. The number of aryl methyl sites for hydroxylation is 2. The van der Waals surface area contributed by atoms with Crippen LogP contribution in [0.25, 0.3) is 0 Å². The number of rotatable bonds is 7. The fourth-order valence-electron chi connectivity index (χ4n) is 3.24. The number of hydrogen-bond acceptors (Lipinski definition) is 5. The maximum Gasteiger partial charge on any atom is 0.337 e. The van der Waals surface area contributed by atoms with Gasteiger partial charge in [0.05, 0.1) is 23.3 Å². The highest BCUT2D eigenvalue weighted by Gasteiger charge is 2.28. The first-order valence-corrected chi connectivity index (χ1v) is 11.3. The topological polar surface area (TPSA) is 92.8 Å². The number of methoxy groups -OCH3 is 1. The van der Waals surface area contributed by atoms with Crippen LogP contribution in [0.1, 0.15) is 21.5 Å². The fourth-order valence-corrected chi connectivity index (χ4v) is 4.75. The quantitative estimate of drug-likeness (QED) is 0.549. The van der Waals surface area contributed by atoms with Crippen LogP contribution in [0.2, 0.25) is 0 Å². The first-order chi connectivity index (χ1) is 15.2. The number of benzene rings is 3. The van der Waals surface area contributed by atoms with E-state index < -0.39 is 28.4 Å². The number of anilines is 2. The summed E-state index contributed by atoms with van der Waals surface area (Å²) in [6, 6.07) is 19.5. The van der Waals surface area contributed by atoms with Crippen molar-refractivity contribution in [2.24, 2.45) is 0 Å². The van der Waals surface area contributed by atoms with E-state index in [-0.39, 0.29) is 4.90 Å². The SMILES string of the molecule is COC(=O)c1ccc(NC(=O)CN(c2ccc(C)cc2C)S(=O)(=O)c2ccccc2)cc1. The lowest BCUT2D eigenvalue weighted by Gasteiger charge is -2.26. The van der Waals surface area contributed by atoms with E-state index >= 15 is 0 Å². The van der Waals surface area contributed by atoms with Crippen LogP contribution in [-0.2, 0) is 19.6 Å². The van der Waals surface area contributed by atoms with Crippen LogP contribution in [0.4, 0.5) is 11.4 Å². The summed E-state index contributed by atoms with van der Waals surface area (Å²) < 4.78 is 32.6. The molecule has 0 unspecified atom stereocenters. The first kappa shape index (κ1) is 23.0. The largest absolute Gasteiger partial charge is 0.465 e. The van der Waals surface area contributed by atoms with E-state index in [9.17, 15) is 18.0 Å². The number of hydrogen-bond donors (Lipinski definition) is 1. The molecule has 0 aliphatic carbocycles. The van der Waals surface area contributed by atoms with E-state index in [0.29, 0.717) is 16.9 Å². The van der Waals surface area contributed by atoms with Crippen LogP contribution in [0, 0.1) is 13.8 Å². The van der Waals surface area contributed by atoms with Crippen LogP contribution >= 0.6 is 0 Å². The maximum atomic E-state index is 13.4. The second-order valence-electron chi connectivity index (χ2n) is 7.23. The number of ether oxygens (including phenoxy) is 1. The third-order valence-corrected chi connectivity index (χ3v) is 6.60. The number of nitrogens with zero attached hydrogens (tertiary/aromatic N) is 1. The molecule has 3 aromatic rings. The van der Waals surface area contributed by atoms with Gasteiger partial charge in [-0.3, -0.25) is 9.10 Å². The molecule has 8 heteroatoms. The van der Waals surface area contributed by atoms with Crippen LogP contribution in [0.15, 0.2) is 77.7 Å². The van der Waals surface area contributed by atoms with Crippen LogP contribution in [-0.4, -0.2) is 33.9 Å². The predicted molar refractivity (Wildman–Crippen MR) is 123 cm³/mol. The van der Waals surface area contributed by atoms with Gasteiger partial charge < -0.3 is 10.1 Å². The molecule has 0 heterocycles. The molecule has 7 nitrogen and oxygen atoms in total. The first-order valence-electron chi connectivity index (χ1n) is 9.85. The fraction of sp³-hybridized carbons (Fsp3) is 0.167. The van der Waals surface area contributed by atoms with E-state index in [0.717, 1.165) is 15.4 Å². The third kappa shape index (κ3) is 5.15. The highest BCUT2D eigenvalue weighted by Crippen LogP contribution is 2.27. The smallest absolute Gasteiger partial charge is 0.337 e. The molecule has 3 rings (SSSR count). The molecule has 0 saturated carbocycles. The number of amides is 1. The Labute approximate surface area is 187 Å². The molecular weight excluding hydrogens is 428 g/mol. The van der Waals surface area contributed by atoms with Gasteiger partial charge >= 0.3 is 5.97 Å². The van der Waals surface area contributed by atoms with E-state index in [4.69, 9.17) is 0 Å². The zero-order valence-corrected chi connectivity index (χ0v) is 18.8. The molecule has 0 fully saturated rings. The van der Waals surface area contributed by atoms with Gasteiger partial charge in [0.1, 0.15) is 6.54 Å². The minimum absolute atomic E-state index is 0.0928. The maximum absolute atomic E-state index is 13.4. The zero-order valence-electron chi connectivity index (χ0n) is 18.0. The van der Waals surface area contributed by atoms with Crippen molar-refractivity contribution in [1.29, 1.82) is 0 Å². The molecule has 1 amide bonds. The summed E-state index contributed by atoms with van der Waals surface area (Å²) in [5, 5.41) is 2.68. The zero-order chi connectivity index (χ0) is 23.3. The lowest BCUT2D eigenvalue weighted by Crippen LogP contribution is -2.38. The van der Waals surface area contributed by atoms with Gasteiger partial charge in [-0.15, -0.1) is 0 Å². The molecule has 0 aliphatic heterocycles. The Bertz CT molecular complexity index is 1220. The van der Waals surface area contributed by atoms with Crippen LogP contribution in [0.3, 0.4) is 0 Å². The standard InChI is InChI=1S/C24H24N2O5S/c1-17-9-14-22(18(2)15-17)26(32(29,30)21-7-5-4-6-8-21)16-23(27)25-20-12-10-19(11-13-20)24(28)31-3/h4-15H,16H2,1-3H3,(H,25,27). The third-order valence-electron chi connectivity index (χ3n) is 4.83. The molecular formula is C24H24N2O5S. The summed E-state index contributed by atoms with van der Waals surface area (Å²) in [7, 11) is -2.70. The van der Waals surface area contributed by atoms with Crippen molar-refractivity contribution in [2.75, 3.05) is 23.3 Å². The number of carbonyl (C=O) groups excluding carboxylic acids is 2. The minimum atomic E-state index is -3.99. The van der Waals surface area contributed by atoms with E-state index in [1.54, 1.807) is 49.4 Å². The van der Waals surface area contributed by atoms with Crippen molar-refractivity contribution in [2.45, 2.75) is 18.7 Å². The molecule has 0 radical (unpaired) electrons. The van der Waals surface area contributed by atoms with Crippen molar-refractivity contribution in [3.8, 4) is 0 Å². The molecule has 0 aliphatic rings. The van der Waals surface area contributed by atoms with Gasteiger partial charge in [0.25, 0.3) is 10.0 Å². The summed E-state index contributed by atoms with van der Waals surface area (Å²) >= 11 is 0. The van der Waals surface area contributed by atoms with Gasteiger partial charge in [0.2, 0.25) is 5.91 Å². The van der Waals surface area contributed by atoms with Crippen LogP contribution in [0.5, 0.6) is 0 Å². The Morgan fingerprint density at radius 2 is 1.59 bits per heavy atom. The number of esters is 1. The predicted octanol–water partition coefficient (Wildman–Crippen LogP) is 3.92. The van der Waals surface area contributed by atoms with Crippen LogP contribution < -0.4 is 9.62 Å². The number of sulfonamides is 1. The lowest BCUT2D eigenvalue weighted by atomic mass is 10.1. The second kappa shape index (κ2) is 9.65. The summed E-state index contributed by atoms with van der Waals surface area (Å²) in [6.45, 7) is 3.30. The Kier molecular flexibility index (Phi) is 6.95. The second-order valence-corrected chi connectivity index (χ2v) is 9.09. The molecule has 1 N–H and O–H groups in total. The summed E-state index contributed by atoms with van der Waals surface area (Å²) in [6.07, 6.45) is 0. The molecule has 0 spiro atoms. The lowest BCUT2D eigenvalue weighted by molar-refractivity contribution is -0.114. The molecule has 0 atom stereocenters. The summed E-state index contributed by atoms with van der Waals surface area (Å²) in [4.78, 5) is 24.5. The van der Waals surface area contributed by atoms with E-state index in [1.165, 1.54) is 31.4 Å². The average molecular weight is 453 g/mol. The van der Waals surface area contributed by atoms with Crippen molar-refractivity contribution in [3.05, 3.63) is 89.5 Å². The minimum Gasteiger partial charge on any atom is -0.465 e. The van der Waals surface area contributed by atoms with E-state index in [2.05, 4.69) is 10.1 Å². The monoisotopic (exact) mass is 452 g/mol. The van der Waals surface area contributed by atoms with Gasteiger partial charge in [-0.25, -0.2) is 13.2 Å². The summed E-state index contributed by atoms with van der Waals surface area (Å²) in [5.41, 5.74) is 2.92. The van der Waals surface area contributed by atoms with Gasteiger partial charge in [-0.1, -0.05) is 35.9 Å². The molecule has 3 aromatic carbocycles. The Morgan fingerprint density at radius 3 is 2.19 bits per heavy atom. The molecule has 0 bridgehead atoms. The van der Waals surface area contributed by atoms with Crippen molar-refractivity contribution in [1.82, 2.24) is 0 Å². The normalized spacial score (nSPS) is 11.0.